The molecule has 1 aromatic rings. The van der Waals surface area contributed by atoms with Gasteiger partial charge >= 0.3 is 11.9 Å². The third-order valence-electron chi connectivity index (χ3n) is 4.79. The first-order chi connectivity index (χ1) is 13.4. The number of amides is 2. The third-order valence-corrected chi connectivity index (χ3v) is 4.79. The lowest BCUT2D eigenvalue weighted by Gasteiger charge is -2.21. The fraction of sp³-hybridized carbons (Fsp3) is 0.500. The standard InChI is InChI=1S/C20H26N2O6/c1-4-13(2)18(20(26)27-3)21-16(23)12-28-19(25)14-7-5-8-15(11-14)22-10-6-9-17(22)24/h5,7-8,11,13,18H,4,6,9-10,12H2,1-3H3,(H,21,23)/t13-,18-/m1/s1. The van der Waals surface area contributed by atoms with Crippen LogP contribution in [0.4, 0.5) is 5.69 Å². The number of carbonyl (C=O) groups excluding carboxylic acids is 4. The van der Waals surface area contributed by atoms with Gasteiger partial charge in [-0.1, -0.05) is 26.3 Å². The molecule has 0 saturated carbocycles. The van der Waals surface area contributed by atoms with Crippen LogP contribution in [0.3, 0.4) is 0 Å². The maximum Gasteiger partial charge on any atom is 0.338 e. The van der Waals surface area contributed by atoms with Gasteiger partial charge in [-0.05, 0) is 30.5 Å². The summed E-state index contributed by atoms with van der Waals surface area (Å²) in [5.41, 5.74) is 0.875. The van der Waals surface area contributed by atoms with Crippen molar-refractivity contribution in [2.75, 3.05) is 25.2 Å². The molecule has 0 aromatic heterocycles. The normalized spacial score (nSPS) is 15.7. The highest BCUT2D eigenvalue weighted by Gasteiger charge is 2.27. The Bertz CT molecular complexity index is 748. The van der Waals surface area contributed by atoms with Gasteiger partial charge in [-0.15, -0.1) is 0 Å². The molecule has 0 spiro atoms. The van der Waals surface area contributed by atoms with Crippen molar-refractivity contribution in [2.24, 2.45) is 5.92 Å². The zero-order valence-corrected chi connectivity index (χ0v) is 16.4. The Hall–Kier alpha value is -2.90. The molecule has 1 N–H and O–H groups in total. The lowest BCUT2D eigenvalue weighted by atomic mass is 9.99. The number of methoxy groups -OCH3 is 1. The predicted octanol–water partition coefficient (Wildman–Crippen LogP) is 1.67. The van der Waals surface area contributed by atoms with E-state index in [2.05, 4.69) is 5.32 Å². The summed E-state index contributed by atoms with van der Waals surface area (Å²) in [4.78, 5) is 49.7. The van der Waals surface area contributed by atoms with E-state index in [0.29, 0.717) is 25.1 Å². The van der Waals surface area contributed by atoms with Crippen molar-refractivity contribution >= 4 is 29.4 Å². The minimum atomic E-state index is -0.800. The smallest absolute Gasteiger partial charge is 0.338 e. The molecule has 1 aromatic carbocycles. The lowest BCUT2D eigenvalue weighted by molar-refractivity contribution is -0.147. The molecule has 0 bridgehead atoms. The number of hydrogen-bond acceptors (Lipinski definition) is 6. The van der Waals surface area contributed by atoms with Gasteiger partial charge in [-0.25, -0.2) is 9.59 Å². The number of benzene rings is 1. The van der Waals surface area contributed by atoms with Gasteiger partial charge in [0.2, 0.25) is 5.91 Å². The van der Waals surface area contributed by atoms with E-state index in [9.17, 15) is 19.2 Å². The molecule has 152 valence electrons. The number of ether oxygens (including phenoxy) is 2. The second-order valence-corrected chi connectivity index (χ2v) is 6.73. The second kappa shape index (κ2) is 9.87. The van der Waals surface area contributed by atoms with Gasteiger partial charge in [0, 0.05) is 18.7 Å². The molecule has 1 heterocycles. The first-order valence-electron chi connectivity index (χ1n) is 9.32. The van der Waals surface area contributed by atoms with Crippen molar-refractivity contribution in [3.8, 4) is 0 Å². The first-order valence-corrected chi connectivity index (χ1v) is 9.32. The largest absolute Gasteiger partial charge is 0.467 e. The number of rotatable bonds is 8. The quantitative estimate of drug-likeness (QED) is 0.678. The summed E-state index contributed by atoms with van der Waals surface area (Å²) in [6.07, 6.45) is 1.94. The second-order valence-electron chi connectivity index (χ2n) is 6.73. The molecular formula is C20H26N2O6. The summed E-state index contributed by atoms with van der Waals surface area (Å²) in [6, 6.07) is 5.74. The van der Waals surface area contributed by atoms with Gasteiger partial charge in [0.05, 0.1) is 12.7 Å². The highest BCUT2D eigenvalue weighted by atomic mass is 16.5. The minimum absolute atomic E-state index is 0.0174. The Kier molecular flexibility index (Phi) is 7.54. The van der Waals surface area contributed by atoms with Crippen molar-refractivity contribution in [2.45, 2.75) is 39.2 Å². The molecule has 1 saturated heterocycles. The van der Waals surface area contributed by atoms with E-state index in [4.69, 9.17) is 9.47 Å². The van der Waals surface area contributed by atoms with E-state index >= 15 is 0 Å². The van der Waals surface area contributed by atoms with Crippen molar-refractivity contribution < 1.29 is 28.7 Å². The van der Waals surface area contributed by atoms with Gasteiger partial charge in [0.15, 0.2) is 6.61 Å². The van der Waals surface area contributed by atoms with Crippen LogP contribution in [0.1, 0.15) is 43.5 Å². The molecule has 28 heavy (non-hydrogen) atoms. The van der Waals surface area contributed by atoms with Gasteiger partial charge in [0.1, 0.15) is 6.04 Å². The number of esters is 2. The van der Waals surface area contributed by atoms with E-state index in [1.807, 2.05) is 13.8 Å². The maximum absolute atomic E-state index is 12.3. The van der Waals surface area contributed by atoms with Crippen LogP contribution in [0.25, 0.3) is 0 Å². The van der Waals surface area contributed by atoms with Gasteiger partial charge < -0.3 is 19.7 Å². The average molecular weight is 390 g/mol. The van der Waals surface area contributed by atoms with Crippen LogP contribution in [-0.4, -0.2) is 50.1 Å². The van der Waals surface area contributed by atoms with Gasteiger partial charge in [-0.2, -0.15) is 0 Å². The monoisotopic (exact) mass is 390 g/mol. The van der Waals surface area contributed by atoms with Crippen LogP contribution >= 0.6 is 0 Å². The molecule has 2 rings (SSSR count). The number of carbonyl (C=O) groups is 4. The van der Waals surface area contributed by atoms with Gasteiger partial charge in [0.25, 0.3) is 5.91 Å². The first kappa shape index (κ1) is 21.4. The molecule has 8 nitrogen and oxygen atoms in total. The lowest BCUT2D eigenvalue weighted by Crippen LogP contribution is -2.47. The Morgan fingerprint density at radius 2 is 2.04 bits per heavy atom. The molecule has 1 aliphatic rings. The van der Waals surface area contributed by atoms with Crippen LogP contribution < -0.4 is 10.2 Å². The number of hydrogen-bond donors (Lipinski definition) is 1. The fourth-order valence-electron chi connectivity index (χ4n) is 2.95. The SMILES string of the molecule is CC[C@@H](C)[C@@H](NC(=O)COC(=O)c1cccc(N2CCCC2=O)c1)C(=O)OC. The molecule has 0 unspecified atom stereocenters. The zero-order chi connectivity index (χ0) is 20.7. The zero-order valence-electron chi connectivity index (χ0n) is 16.4. The molecule has 8 heteroatoms. The molecule has 1 aliphatic heterocycles. The maximum atomic E-state index is 12.3. The van der Waals surface area contributed by atoms with Crippen LogP contribution in [-0.2, 0) is 23.9 Å². The van der Waals surface area contributed by atoms with Crippen molar-refractivity contribution in [1.82, 2.24) is 5.32 Å². The highest BCUT2D eigenvalue weighted by molar-refractivity contribution is 5.98. The molecule has 0 aliphatic carbocycles. The minimum Gasteiger partial charge on any atom is -0.467 e. The Balaban J connectivity index is 1.95. The summed E-state index contributed by atoms with van der Waals surface area (Å²) in [6.45, 7) is 3.81. The third kappa shape index (κ3) is 5.31. The van der Waals surface area contributed by atoms with Crippen LogP contribution in [0.15, 0.2) is 24.3 Å². The van der Waals surface area contributed by atoms with Crippen LogP contribution in [0.2, 0.25) is 0 Å². The summed E-state index contributed by atoms with van der Waals surface area (Å²) < 4.78 is 9.76. The molecule has 1 fully saturated rings. The van der Waals surface area contributed by atoms with Crippen molar-refractivity contribution in [3.63, 3.8) is 0 Å². The van der Waals surface area contributed by atoms with E-state index < -0.39 is 30.5 Å². The topological polar surface area (TPSA) is 102 Å². The van der Waals surface area contributed by atoms with E-state index in [1.165, 1.54) is 7.11 Å². The van der Waals surface area contributed by atoms with Crippen LogP contribution in [0, 0.1) is 5.92 Å². The van der Waals surface area contributed by atoms with Crippen molar-refractivity contribution in [3.05, 3.63) is 29.8 Å². The summed E-state index contributed by atoms with van der Waals surface area (Å²) >= 11 is 0. The van der Waals surface area contributed by atoms with Crippen molar-refractivity contribution in [1.29, 1.82) is 0 Å². The average Bonchev–Trinajstić information content (AvgIpc) is 3.15. The number of anilines is 1. The van der Waals surface area contributed by atoms with Gasteiger partial charge in [-0.3, -0.25) is 9.59 Å². The summed E-state index contributed by atoms with van der Waals surface area (Å²) in [5.74, 6) is -1.92. The molecule has 0 radical (unpaired) electrons. The van der Waals surface area contributed by atoms with Crippen LogP contribution in [0.5, 0.6) is 0 Å². The Morgan fingerprint density at radius 3 is 2.64 bits per heavy atom. The predicted molar refractivity (Wildman–Crippen MR) is 102 cm³/mol. The Labute approximate surface area is 164 Å². The Morgan fingerprint density at radius 1 is 1.29 bits per heavy atom. The summed E-state index contributed by atoms with van der Waals surface area (Å²) in [7, 11) is 1.25. The molecular weight excluding hydrogens is 364 g/mol. The molecule has 2 atom stereocenters. The number of nitrogens with zero attached hydrogens (tertiary/aromatic N) is 1. The van der Waals surface area contributed by atoms with E-state index in [0.717, 1.165) is 6.42 Å². The number of nitrogens with one attached hydrogen (secondary N) is 1. The molecule has 2 amide bonds. The fourth-order valence-corrected chi connectivity index (χ4v) is 2.95. The highest BCUT2D eigenvalue weighted by Crippen LogP contribution is 2.22. The van der Waals surface area contributed by atoms with E-state index in [1.54, 1.807) is 29.2 Å². The summed E-state index contributed by atoms with van der Waals surface area (Å²) in [5, 5.41) is 2.54. The van der Waals surface area contributed by atoms with E-state index in [-0.39, 0.29) is 17.4 Å².